The fourth-order valence-corrected chi connectivity index (χ4v) is 9.94. The van der Waals surface area contributed by atoms with Gasteiger partial charge in [0, 0.05) is 17.3 Å². The molecule has 4 aliphatic carbocycles. The zero-order valence-electron chi connectivity index (χ0n) is 25.4. The molecule has 4 aliphatic rings. The number of rotatable bonds is 4. The molecule has 3 nitrogen and oxygen atoms in total. The van der Waals surface area contributed by atoms with Crippen molar-refractivity contribution >= 4 is 22.4 Å². The number of allylic oxidation sites excluding steroid dienone is 3. The SMILES string of the molecule is CC(C)(C)[Si](C)(C)OC1CC2=CC=C3[C@@H]4CCC(=O)[C@@]4(C)CC[C@@H]3[C@@]2(C)C(O[Si](C)(C)C(C)(C)C)C1. The molecule has 4 rings (SSSR count). The van der Waals surface area contributed by atoms with Crippen LogP contribution in [0.25, 0.3) is 0 Å². The molecular weight excluding hydrogens is 477 g/mol. The third-order valence-electron chi connectivity index (χ3n) is 11.8. The van der Waals surface area contributed by atoms with Crippen molar-refractivity contribution in [2.75, 3.05) is 0 Å². The first kappa shape index (κ1) is 28.5. The minimum atomic E-state index is -1.99. The minimum absolute atomic E-state index is 0.0140. The third kappa shape index (κ3) is 4.42. The van der Waals surface area contributed by atoms with Crippen molar-refractivity contribution in [2.24, 2.45) is 22.7 Å². The van der Waals surface area contributed by atoms with Gasteiger partial charge in [0.05, 0.1) is 12.2 Å². The summed E-state index contributed by atoms with van der Waals surface area (Å²) in [6, 6.07) is 0. The standard InChI is InChI=1S/C31H54O3Si2/c1-28(2,3)35(9,10)33-22-19-21-13-14-23-24-15-16-26(32)30(24,7)18-17-25(23)31(21,8)27(20-22)34-36(11,12)29(4,5)6/h13-14,22,24-25,27H,15-20H2,1-12H3/t22?,24-,25-,27?,30-,31-/m0/s1. The highest BCUT2D eigenvalue weighted by Crippen LogP contribution is 2.63. The van der Waals surface area contributed by atoms with Crippen LogP contribution in [0.2, 0.25) is 36.3 Å². The van der Waals surface area contributed by atoms with E-state index < -0.39 is 16.6 Å². The molecule has 0 heterocycles. The first-order chi connectivity index (χ1) is 16.2. The molecule has 3 fully saturated rings. The van der Waals surface area contributed by atoms with Crippen molar-refractivity contribution in [1.82, 2.24) is 0 Å². The Morgan fingerprint density at radius 3 is 2.03 bits per heavy atom. The molecule has 6 atom stereocenters. The Morgan fingerprint density at radius 1 is 0.861 bits per heavy atom. The summed E-state index contributed by atoms with van der Waals surface area (Å²) in [5, 5.41) is 0.358. The van der Waals surface area contributed by atoms with Gasteiger partial charge in [-0.1, -0.05) is 78.7 Å². The molecule has 0 aliphatic heterocycles. The molecule has 0 aromatic carbocycles. The molecule has 5 heteroatoms. The van der Waals surface area contributed by atoms with Crippen LogP contribution in [0, 0.1) is 22.7 Å². The highest BCUT2D eigenvalue weighted by molar-refractivity contribution is 6.74. The number of Topliss-reactive ketones (excluding diaryl/α,β-unsaturated/α-hetero) is 1. The number of carbonyl (C=O) groups excluding carboxylic acids is 1. The van der Waals surface area contributed by atoms with Crippen molar-refractivity contribution in [2.45, 2.75) is 142 Å². The fourth-order valence-electron chi connectivity index (χ4n) is 7.17. The van der Waals surface area contributed by atoms with E-state index in [1.807, 2.05) is 0 Å². The maximum atomic E-state index is 12.9. The van der Waals surface area contributed by atoms with E-state index >= 15 is 0 Å². The van der Waals surface area contributed by atoms with E-state index in [1.54, 1.807) is 5.57 Å². The average molecular weight is 531 g/mol. The Labute approximate surface area is 224 Å². The summed E-state index contributed by atoms with van der Waals surface area (Å²) < 4.78 is 14.5. The summed E-state index contributed by atoms with van der Waals surface area (Å²) in [5.41, 5.74) is 2.92. The van der Waals surface area contributed by atoms with Crippen LogP contribution in [0.1, 0.15) is 93.9 Å². The summed E-state index contributed by atoms with van der Waals surface area (Å²) in [4.78, 5) is 12.9. The number of ketones is 1. The largest absolute Gasteiger partial charge is 0.414 e. The van der Waals surface area contributed by atoms with Crippen LogP contribution in [0.15, 0.2) is 23.3 Å². The first-order valence-electron chi connectivity index (χ1n) is 14.5. The molecule has 0 aromatic rings. The Hall–Kier alpha value is -0.496. The van der Waals surface area contributed by atoms with E-state index in [4.69, 9.17) is 8.85 Å². The highest BCUT2D eigenvalue weighted by Gasteiger charge is 2.60. The van der Waals surface area contributed by atoms with Crippen LogP contribution in [0.3, 0.4) is 0 Å². The third-order valence-corrected chi connectivity index (χ3v) is 20.8. The average Bonchev–Trinajstić information content (AvgIpc) is 3.01. The van der Waals surface area contributed by atoms with Gasteiger partial charge in [0.15, 0.2) is 16.6 Å². The Morgan fingerprint density at radius 2 is 1.44 bits per heavy atom. The first-order valence-corrected chi connectivity index (χ1v) is 20.4. The fraction of sp³-hybridized carbons (Fsp3) is 0.839. The van der Waals surface area contributed by atoms with Crippen molar-refractivity contribution in [3.63, 3.8) is 0 Å². The van der Waals surface area contributed by atoms with E-state index in [1.165, 1.54) is 5.57 Å². The molecule has 0 spiro atoms. The smallest absolute Gasteiger partial charge is 0.192 e. The Kier molecular flexibility index (Phi) is 6.94. The predicted octanol–water partition coefficient (Wildman–Crippen LogP) is 8.83. The lowest BCUT2D eigenvalue weighted by molar-refractivity contribution is -0.128. The van der Waals surface area contributed by atoms with Gasteiger partial charge in [-0.15, -0.1) is 0 Å². The summed E-state index contributed by atoms with van der Waals surface area (Å²) in [7, 11) is -3.89. The van der Waals surface area contributed by atoms with Crippen molar-refractivity contribution in [3.05, 3.63) is 23.3 Å². The second-order valence-corrected chi connectivity index (χ2v) is 25.5. The molecule has 36 heavy (non-hydrogen) atoms. The molecule has 0 bridgehead atoms. The molecule has 2 unspecified atom stereocenters. The van der Waals surface area contributed by atoms with Crippen molar-refractivity contribution < 1.29 is 13.6 Å². The van der Waals surface area contributed by atoms with Crippen LogP contribution in [0.5, 0.6) is 0 Å². The van der Waals surface area contributed by atoms with Gasteiger partial charge in [0.25, 0.3) is 0 Å². The molecular formula is C31H54O3Si2. The van der Waals surface area contributed by atoms with Crippen LogP contribution < -0.4 is 0 Å². The number of hydrogen-bond acceptors (Lipinski definition) is 3. The van der Waals surface area contributed by atoms with E-state index in [2.05, 4.69) is 93.7 Å². The van der Waals surface area contributed by atoms with Gasteiger partial charge in [-0.05, 0) is 80.2 Å². The Balaban J connectivity index is 1.74. The second kappa shape index (κ2) is 8.76. The predicted molar refractivity (Wildman–Crippen MR) is 156 cm³/mol. The zero-order chi connectivity index (χ0) is 27.1. The van der Waals surface area contributed by atoms with Gasteiger partial charge in [-0.2, -0.15) is 0 Å². The van der Waals surface area contributed by atoms with Crippen LogP contribution in [0.4, 0.5) is 0 Å². The van der Waals surface area contributed by atoms with Crippen molar-refractivity contribution in [1.29, 1.82) is 0 Å². The van der Waals surface area contributed by atoms with Crippen LogP contribution in [-0.2, 0) is 13.6 Å². The summed E-state index contributed by atoms with van der Waals surface area (Å²) in [5.74, 6) is 1.38. The number of fused-ring (bicyclic) bond motifs is 5. The Bertz CT molecular complexity index is 963. The zero-order valence-corrected chi connectivity index (χ0v) is 27.4. The minimum Gasteiger partial charge on any atom is -0.414 e. The molecule has 0 amide bonds. The van der Waals surface area contributed by atoms with Gasteiger partial charge in [-0.25, -0.2) is 0 Å². The van der Waals surface area contributed by atoms with Gasteiger partial charge < -0.3 is 8.85 Å². The van der Waals surface area contributed by atoms with E-state index in [-0.39, 0.29) is 33.1 Å². The van der Waals surface area contributed by atoms with Gasteiger partial charge in [0.2, 0.25) is 0 Å². The quantitative estimate of drug-likeness (QED) is 0.341. The van der Waals surface area contributed by atoms with E-state index in [9.17, 15) is 4.79 Å². The molecule has 0 N–H and O–H groups in total. The van der Waals surface area contributed by atoms with E-state index in [0.717, 1.165) is 38.5 Å². The normalized spacial score (nSPS) is 37.6. The maximum absolute atomic E-state index is 12.9. The lowest BCUT2D eigenvalue weighted by atomic mass is 9.50. The number of carbonyl (C=O) groups is 1. The van der Waals surface area contributed by atoms with Crippen LogP contribution in [-0.4, -0.2) is 34.6 Å². The second-order valence-electron chi connectivity index (χ2n) is 16.0. The van der Waals surface area contributed by atoms with Gasteiger partial charge in [-0.3, -0.25) is 4.79 Å². The molecule has 0 saturated heterocycles. The number of hydrogen-bond donors (Lipinski definition) is 0. The summed E-state index contributed by atoms with van der Waals surface area (Å²) in [6.07, 6.45) is 11.2. The highest BCUT2D eigenvalue weighted by atomic mass is 28.4. The molecule has 204 valence electrons. The summed E-state index contributed by atoms with van der Waals surface area (Å²) >= 11 is 0. The van der Waals surface area contributed by atoms with E-state index in [0.29, 0.717) is 17.6 Å². The molecule has 3 saturated carbocycles. The van der Waals surface area contributed by atoms with Crippen LogP contribution >= 0.6 is 0 Å². The monoisotopic (exact) mass is 530 g/mol. The van der Waals surface area contributed by atoms with Crippen molar-refractivity contribution in [3.8, 4) is 0 Å². The molecule has 0 aromatic heterocycles. The van der Waals surface area contributed by atoms with Gasteiger partial charge >= 0.3 is 0 Å². The summed E-state index contributed by atoms with van der Waals surface area (Å²) in [6.45, 7) is 28.4. The van der Waals surface area contributed by atoms with Gasteiger partial charge in [0.1, 0.15) is 5.78 Å². The maximum Gasteiger partial charge on any atom is 0.192 e. The molecule has 0 radical (unpaired) electrons. The lowest BCUT2D eigenvalue weighted by Gasteiger charge is -2.58. The topological polar surface area (TPSA) is 35.5 Å². The lowest BCUT2D eigenvalue weighted by Crippen LogP contribution is -2.58.